The van der Waals surface area contributed by atoms with E-state index in [0.717, 1.165) is 21.9 Å². The third kappa shape index (κ3) is 3.02. The van der Waals surface area contributed by atoms with Crippen LogP contribution in [0, 0.1) is 0 Å². The predicted molar refractivity (Wildman–Crippen MR) is 97.1 cm³/mol. The first-order valence-corrected chi connectivity index (χ1v) is 8.08. The SMILES string of the molecule is O=C(NCc1cccc2ccccc12)c1cnoc1-c1ccccc1. The Kier molecular flexibility index (Phi) is 4.01. The molecule has 1 heterocycles. The molecule has 0 aliphatic carbocycles. The average Bonchev–Trinajstić information content (AvgIpc) is 3.17. The highest BCUT2D eigenvalue weighted by Crippen LogP contribution is 2.23. The maximum Gasteiger partial charge on any atom is 0.257 e. The van der Waals surface area contributed by atoms with Crippen LogP contribution in [-0.4, -0.2) is 11.1 Å². The van der Waals surface area contributed by atoms with E-state index >= 15 is 0 Å². The molecule has 1 N–H and O–H groups in total. The summed E-state index contributed by atoms with van der Waals surface area (Å²) in [6.07, 6.45) is 1.46. The van der Waals surface area contributed by atoms with Crippen LogP contribution in [0.1, 0.15) is 15.9 Å². The van der Waals surface area contributed by atoms with Gasteiger partial charge in [0.15, 0.2) is 5.76 Å². The molecular formula is C21H16N2O2. The number of hydrogen-bond acceptors (Lipinski definition) is 3. The van der Waals surface area contributed by atoms with E-state index in [4.69, 9.17) is 4.52 Å². The van der Waals surface area contributed by atoms with Crippen molar-refractivity contribution < 1.29 is 9.32 Å². The first-order valence-electron chi connectivity index (χ1n) is 8.08. The van der Waals surface area contributed by atoms with Crippen molar-refractivity contribution in [3.05, 3.63) is 90.1 Å². The molecule has 0 saturated heterocycles. The van der Waals surface area contributed by atoms with E-state index in [1.54, 1.807) is 0 Å². The van der Waals surface area contributed by atoms with Gasteiger partial charge < -0.3 is 9.84 Å². The lowest BCUT2D eigenvalue weighted by Gasteiger charge is -2.08. The van der Waals surface area contributed by atoms with Crippen LogP contribution in [0.5, 0.6) is 0 Å². The highest BCUT2D eigenvalue weighted by atomic mass is 16.5. The van der Waals surface area contributed by atoms with Crippen LogP contribution in [0.3, 0.4) is 0 Å². The number of rotatable bonds is 4. The molecule has 0 aliphatic heterocycles. The second-order valence-corrected chi connectivity index (χ2v) is 5.76. The van der Waals surface area contributed by atoms with Gasteiger partial charge in [0.25, 0.3) is 5.91 Å². The van der Waals surface area contributed by atoms with Gasteiger partial charge in [-0.1, -0.05) is 78.0 Å². The number of benzene rings is 3. The van der Waals surface area contributed by atoms with E-state index in [0.29, 0.717) is 17.9 Å². The third-order valence-electron chi connectivity index (χ3n) is 4.17. The van der Waals surface area contributed by atoms with Crippen molar-refractivity contribution in [1.29, 1.82) is 0 Å². The Hall–Kier alpha value is -3.40. The number of aromatic nitrogens is 1. The molecule has 1 aromatic heterocycles. The Morgan fingerprint density at radius 3 is 2.56 bits per heavy atom. The van der Waals surface area contributed by atoms with Crippen LogP contribution < -0.4 is 5.32 Å². The highest BCUT2D eigenvalue weighted by molar-refractivity contribution is 5.99. The summed E-state index contributed by atoms with van der Waals surface area (Å²) in [6, 6.07) is 23.7. The van der Waals surface area contributed by atoms with Crippen molar-refractivity contribution in [1.82, 2.24) is 10.5 Å². The Morgan fingerprint density at radius 2 is 1.68 bits per heavy atom. The van der Waals surface area contributed by atoms with E-state index in [-0.39, 0.29) is 5.91 Å². The van der Waals surface area contributed by atoms with Crippen LogP contribution in [-0.2, 0) is 6.54 Å². The monoisotopic (exact) mass is 328 g/mol. The van der Waals surface area contributed by atoms with Gasteiger partial charge >= 0.3 is 0 Å². The molecule has 0 spiro atoms. The number of carbonyl (C=O) groups is 1. The minimum absolute atomic E-state index is 0.201. The van der Waals surface area contributed by atoms with Gasteiger partial charge in [0.2, 0.25) is 0 Å². The minimum Gasteiger partial charge on any atom is -0.355 e. The maximum absolute atomic E-state index is 12.6. The lowest BCUT2D eigenvalue weighted by molar-refractivity contribution is 0.0951. The molecule has 0 fully saturated rings. The first kappa shape index (κ1) is 15.1. The van der Waals surface area contributed by atoms with Gasteiger partial charge in [0, 0.05) is 12.1 Å². The Bertz CT molecular complexity index is 1020. The summed E-state index contributed by atoms with van der Waals surface area (Å²) in [5.41, 5.74) is 2.34. The zero-order valence-corrected chi connectivity index (χ0v) is 13.5. The average molecular weight is 328 g/mol. The lowest BCUT2D eigenvalue weighted by Crippen LogP contribution is -2.23. The largest absolute Gasteiger partial charge is 0.355 e. The maximum atomic E-state index is 12.6. The van der Waals surface area contributed by atoms with Gasteiger partial charge in [-0.2, -0.15) is 0 Å². The molecule has 0 radical (unpaired) electrons. The van der Waals surface area contributed by atoms with Gasteiger partial charge in [0.1, 0.15) is 5.56 Å². The third-order valence-corrected chi connectivity index (χ3v) is 4.17. The quantitative estimate of drug-likeness (QED) is 0.603. The molecular weight excluding hydrogens is 312 g/mol. The second-order valence-electron chi connectivity index (χ2n) is 5.76. The van der Waals surface area contributed by atoms with Crippen LogP contribution in [0.2, 0.25) is 0 Å². The molecule has 4 heteroatoms. The number of nitrogens with one attached hydrogen (secondary N) is 1. The van der Waals surface area contributed by atoms with Gasteiger partial charge in [-0.05, 0) is 16.3 Å². The number of carbonyl (C=O) groups excluding carboxylic acids is 1. The molecule has 3 aromatic carbocycles. The number of amides is 1. The Morgan fingerprint density at radius 1 is 0.920 bits per heavy atom. The number of hydrogen-bond donors (Lipinski definition) is 1. The number of nitrogens with zero attached hydrogens (tertiary/aromatic N) is 1. The highest BCUT2D eigenvalue weighted by Gasteiger charge is 2.17. The van der Waals surface area contributed by atoms with E-state index in [2.05, 4.69) is 28.7 Å². The van der Waals surface area contributed by atoms with Crippen molar-refractivity contribution in [2.45, 2.75) is 6.54 Å². The summed E-state index contributed by atoms with van der Waals surface area (Å²) in [5.74, 6) is 0.282. The zero-order valence-electron chi connectivity index (χ0n) is 13.5. The van der Waals surface area contributed by atoms with Gasteiger partial charge in [-0.15, -0.1) is 0 Å². The van der Waals surface area contributed by atoms with Crippen molar-refractivity contribution >= 4 is 16.7 Å². The van der Waals surface area contributed by atoms with E-state index in [1.807, 2.05) is 54.6 Å². The molecule has 25 heavy (non-hydrogen) atoms. The fourth-order valence-electron chi connectivity index (χ4n) is 2.92. The Labute approximate surface area is 145 Å². The molecule has 1 amide bonds. The lowest BCUT2D eigenvalue weighted by atomic mass is 10.0. The second kappa shape index (κ2) is 6.61. The molecule has 0 bridgehead atoms. The normalized spacial score (nSPS) is 10.7. The van der Waals surface area contributed by atoms with E-state index < -0.39 is 0 Å². The zero-order chi connectivity index (χ0) is 17.1. The van der Waals surface area contributed by atoms with Crippen LogP contribution in [0.15, 0.2) is 83.5 Å². The molecule has 122 valence electrons. The first-order chi connectivity index (χ1) is 12.3. The van der Waals surface area contributed by atoms with Gasteiger partial charge in [-0.25, -0.2) is 0 Å². The summed E-state index contributed by atoms with van der Waals surface area (Å²) < 4.78 is 5.28. The molecule has 0 atom stereocenters. The fraction of sp³-hybridized carbons (Fsp3) is 0.0476. The predicted octanol–water partition coefficient (Wildman–Crippen LogP) is 4.42. The van der Waals surface area contributed by atoms with Crippen LogP contribution in [0.25, 0.3) is 22.1 Å². The molecule has 0 aliphatic rings. The molecule has 4 nitrogen and oxygen atoms in total. The molecule has 0 unspecified atom stereocenters. The topological polar surface area (TPSA) is 55.1 Å². The van der Waals surface area contributed by atoms with Crippen molar-refractivity contribution in [2.75, 3.05) is 0 Å². The fourth-order valence-corrected chi connectivity index (χ4v) is 2.92. The minimum atomic E-state index is -0.201. The van der Waals surface area contributed by atoms with E-state index in [9.17, 15) is 4.79 Å². The summed E-state index contributed by atoms with van der Waals surface area (Å²) in [6.45, 7) is 0.444. The summed E-state index contributed by atoms with van der Waals surface area (Å²) in [4.78, 5) is 12.6. The van der Waals surface area contributed by atoms with Gasteiger partial charge in [0.05, 0.1) is 6.20 Å². The summed E-state index contributed by atoms with van der Waals surface area (Å²) >= 11 is 0. The van der Waals surface area contributed by atoms with Crippen molar-refractivity contribution in [3.63, 3.8) is 0 Å². The van der Waals surface area contributed by atoms with E-state index in [1.165, 1.54) is 6.20 Å². The molecule has 4 aromatic rings. The molecule has 4 rings (SSSR count). The van der Waals surface area contributed by atoms with Crippen molar-refractivity contribution in [3.8, 4) is 11.3 Å². The summed E-state index contributed by atoms with van der Waals surface area (Å²) in [7, 11) is 0. The smallest absolute Gasteiger partial charge is 0.257 e. The standard InChI is InChI=1S/C21H16N2O2/c24-21(19-14-23-25-20(19)16-8-2-1-3-9-16)22-13-17-11-6-10-15-7-4-5-12-18(15)17/h1-12,14H,13H2,(H,22,24). The summed E-state index contributed by atoms with van der Waals surface area (Å²) in [5, 5.41) is 9.05. The number of fused-ring (bicyclic) bond motifs is 1. The van der Waals surface area contributed by atoms with Crippen molar-refractivity contribution in [2.24, 2.45) is 0 Å². The molecule has 0 saturated carbocycles. The Balaban J connectivity index is 1.57. The van der Waals surface area contributed by atoms with Gasteiger partial charge in [-0.3, -0.25) is 4.79 Å². The van der Waals surface area contributed by atoms with Crippen LogP contribution in [0.4, 0.5) is 0 Å². The van der Waals surface area contributed by atoms with Crippen LogP contribution >= 0.6 is 0 Å².